The standard InChI is InChI=1S/C21H24O5/c1-2-3-4-5-6-7-8-9-17(22)15-12-16-19(26-21(15)24)13-18-14(20(16)23)10-11-25-18/h10,12-13H,2-9,11H2,1H3. The van der Waals surface area contributed by atoms with Gasteiger partial charge < -0.3 is 9.15 Å². The number of carbonyl (C=O) groups is 2. The number of Topliss-reactive ketones (excluding diaryl/α,β-unsaturated/α-hetero) is 2. The first-order valence-corrected chi connectivity index (χ1v) is 9.43. The van der Waals surface area contributed by atoms with E-state index >= 15 is 0 Å². The molecule has 138 valence electrons. The van der Waals surface area contributed by atoms with E-state index in [-0.39, 0.29) is 28.5 Å². The minimum absolute atomic E-state index is 0.0283. The van der Waals surface area contributed by atoms with Crippen molar-refractivity contribution in [1.29, 1.82) is 0 Å². The van der Waals surface area contributed by atoms with Crippen molar-refractivity contribution < 1.29 is 18.7 Å². The van der Waals surface area contributed by atoms with Crippen molar-refractivity contribution in [2.75, 3.05) is 6.61 Å². The summed E-state index contributed by atoms with van der Waals surface area (Å²) in [5, 5.41) is 0. The Morgan fingerprint density at radius 1 is 1.08 bits per heavy atom. The molecule has 26 heavy (non-hydrogen) atoms. The second-order valence-corrected chi connectivity index (χ2v) is 6.79. The van der Waals surface area contributed by atoms with Crippen LogP contribution in [0.1, 0.15) is 84.8 Å². The number of hydrogen-bond donors (Lipinski definition) is 0. The largest absolute Gasteiger partial charge is 0.489 e. The molecule has 0 fully saturated rings. The van der Waals surface area contributed by atoms with Gasteiger partial charge in [-0.15, -0.1) is 0 Å². The van der Waals surface area contributed by atoms with E-state index in [4.69, 9.17) is 9.15 Å². The van der Waals surface area contributed by atoms with Gasteiger partial charge in [0.05, 0.1) is 11.1 Å². The van der Waals surface area contributed by atoms with E-state index in [1.165, 1.54) is 31.7 Å². The third kappa shape index (κ3) is 3.87. The van der Waals surface area contributed by atoms with Crippen molar-refractivity contribution in [2.45, 2.75) is 58.3 Å². The second kappa shape index (κ2) is 8.30. The monoisotopic (exact) mass is 356 g/mol. The average Bonchev–Trinajstić information content (AvgIpc) is 3.09. The zero-order valence-electron chi connectivity index (χ0n) is 15.1. The van der Waals surface area contributed by atoms with Crippen molar-refractivity contribution in [2.24, 2.45) is 0 Å². The first-order chi connectivity index (χ1) is 12.6. The molecule has 0 amide bonds. The summed E-state index contributed by atoms with van der Waals surface area (Å²) in [5.41, 5.74) is 0.0102. The van der Waals surface area contributed by atoms with Gasteiger partial charge in [-0.05, 0) is 18.6 Å². The molecular weight excluding hydrogens is 332 g/mol. The number of ketones is 2. The Balaban J connectivity index is 1.65. The first-order valence-electron chi connectivity index (χ1n) is 9.43. The highest BCUT2D eigenvalue weighted by atomic mass is 16.5. The molecule has 0 saturated heterocycles. The molecule has 0 unspecified atom stereocenters. The lowest BCUT2D eigenvalue weighted by molar-refractivity contribution is 0.0975. The van der Waals surface area contributed by atoms with Gasteiger partial charge in [-0.25, -0.2) is 4.79 Å². The van der Waals surface area contributed by atoms with Crippen molar-refractivity contribution in [3.63, 3.8) is 0 Å². The van der Waals surface area contributed by atoms with E-state index in [1.54, 1.807) is 12.2 Å². The highest BCUT2D eigenvalue weighted by Crippen LogP contribution is 2.31. The molecule has 0 aromatic carbocycles. The Labute approximate surface area is 152 Å². The number of carbonyl (C=O) groups excluding carboxylic acids is 2. The molecule has 1 aliphatic carbocycles. The number of fused-ring (bicyclic) bond motifs is 2. The summed E-state index contributed by atoms with van der Waals surface area (Å²) in [7, 11) is 0. The molecule has 1 aromatic heterocycles. The van der Waals surface area contributed by atoms with Gasteiger partial charge in [-0.2, -0.15) is 0 Å². The molecule has 5 heteroatoms. The second-order valence-electron chi connectivity index (χ2n) is 6.79. The van der Waals surface area contributed by atoms with Crippen molar-refractivity contribution in [3.8, 4) is 0 Å². The topological polar surface area (TPSA) is 73.6 Å². The maximum Gasteiger partial charge on any atom is 0.347 e. The maximum atomic E-state index is 12.5. The Morgan fingerprint density at radius 2 is 1.81 bits per heavy atom. The molecular formula is C21H24O5. The molecule has 5 nitrogen and oxygen atoms in total. The van der Waals surface area contributed by atoms with E-state index < -0.39 is 5.63 Å². The first kappa shape index (κ1) is 18.4. The number of allylic oxidation sites excluding steroid dienone is 1. The Morgan fingerprint density at radius 3 is 2.58 bits per heavy atom. The molecule has 1 aromatic rings. The van der Waals surface area contributed by atoms with Crippen molar-refractivity contribution >= 4 is 17.6 Å². The predicted molar refractivity (Wildman–Crippen MR) is 98.3 cm³/mol. The summed E-state index contributed by atoms with van der Waals surface area (Å²) in [5.74, 6) is 0.0763. The lowest BCUT2D eigenvalue weighted by Gasteiger charge is -2.13. The highest BCUT2D eigenvalue weighted by molar-refractivity contribution is 6.16. The van der Waals surface area contributed by atoms with E-state index in [9.17, 15) is 14.4 Å². The van der Waals surface area contributed by atoms with Crippen LogP contribution in [0.5, 0.6) is 0 Å². The normalized spacial score (nSPS) is 15.0. The fraction of sp³-hybridized carbons (Fsp3) is 0.476. The molecule has 0 radical (unpaired) electrons. The van der Waals surface area contributed by atoms with Gasteiger partial charge in [-0.1, -0.05) is 45.4 Å². The molecule has 0 atom stereocenters. The van der Waals surface area contributed by atoms with Crippen LogP contribution in [0.15, 0.2) is 32.7 Å². The van der Waals surface area contributed by atoms with Crippen LogP contribution >= 0.6 is 0 Å². The van der Waals surface area contributed by atoms with Crippen LogP contribution < -0.4 is 5.63 Å². The SMILES string of the molecule is CCCCCCCCCC(=O)c1cc2c(oc1=O)C=C1OCC=C1C2=O. The summed E-state index contributed by atoms with van der Waals surface area (Å²) < 4.78 is 10.5. The number of rotatable bonds is 9. The van der Waals surface area contributed by atoms with Crippen LogP contribution in [-0.4, -0.2) is 18.2 Å². The van der Waals surface area contributed by atoms with Gasteiger partial charge in [0.2, 0.25) is 0 Å². The van der Waals surface area contributed by atoms with Crippen LogP contribution in [-0.2, 0) is 4.74 Å². The fourth-order valence-electron chi connectivity index (χ4n) is 3.32. The van der Waals surface area contributed by atoms with Gasteiger partial charge in [-0.3, -0.25) is 9.59 Å². The Kier molecular flexibility index (Phi) is 5.86. The smallest absolute Gasteiger partial charge is 0.347 e. The number of hydrogen-bond acceptors (Lipinski definition) is 5. The molecule has 1 aliphatic heterocycles. The van der Waals surface area contributed by atoms with E-state index in [0.717, 1.165) is 19.3 Å². The third-order valence-corrected chi connectivity index (χ3v) is 4.83. The van der Waals surface area contributed by atoms with Crippen LogP contribution in [0.3, 0.4) is 0 Å². The van der Waals surface area contributed by atoms with Gasteiger partial charge in [0, 0.05) is 12.5 Å². The zero-order chi connectivity index (χ0) is 18.5. The Bertz CT molecular complexity index is 825. The van der Waals surface area contributed by atoms with E-state index in [1.807, 2.05) is 0 Å². The molecule has 3 rings (SSSR count). The minimum Gasteiger partial charge on any atom is -0.489 e. The van der Waals surface area contributed by atoms with E-state index in [0.29, 0.717) is 24.4 Å². The predicted octanol–water partition coefficient (Wildman–Crippen LogP) is 4.46. The summed E-state index contributed by atoms with van der Waals surface area (Å²) in [6.45, 7) is 2.51. The molecule has 0 N–H and O–H groups in total. The quantitative estimate of drug-likeness (QED) is 0.482. The highest BCUT2D eigenvalue weighted by Gasteiger charge is 2.31. The fourth-order valence-corrected chi connectivity index (χ4v) is 3.32. The minimum atomic E-state index is -0.688. The molecule has 0 saturated carbocycles. The molecule has 0 bridgehead atoms. The number of ether oxygens (including phenoxy) is 1. The summed E-state index contributed by atoms with van der Waals surface area (Å²) >= 11 is 0. The van der Waals surface area contributed by atoms with Gasteiger partial charge in [0.1, 0.15) is 23.7 Å². The van der Waals surface area contributed by atoms with Crippen LogP contribution in [0.25, 0.3) is 6.08 Å². The average molecular weight is 356 g/mol. The zero-order valence-corrected chi connectivity index (χ0v) is 15.1. The van der Waals surface area contributed by atoms with Crippen molar-refractivity contribution in [1.82, 2.24) is 0 Å². The lowest BCUT2D eigenvalue weighted by atomic mass is 9.94. The Hall–Kier alpha value is -2.43. The molecule has 2 heterocycles. The summed E-state index contributed by atoms with van der Waals surface area (Å²) in [6.07, 6.45) is 11.2. The van der Waals surface area contributed by atoms with Crippen LogP contribution in [0, 0.1) is 0 Å². The third-order valence-electron chi connectivity index (χ3n) is 4.83. The summed E-state index contributed by atoms with van der Waals surface area (Å²) in [4.78, 5) is 37.1. The van der Waals surface area contributed by atoms with Crippen molar-refractivity contribution in [3.05, 3.63) is 50.8 Å². The van der Waals surface area contributed by atoms with Gasteiger partial charge in [0.15, 0.2) is 11.6 Å². The van der Waals surface area contributed by atoms with E-state index in [2.05, 4.69) is 6.92 Å². The van der Waals surface area contributed by atoms with Crippen LogP contribution in [0.2, 0.25) is 0 Å². The molecule has 2 aliphatic rings. The van der Waals surface area contributed by atoms with Gasteiger partial charge in [0.25, 0.3) is 0 Å². The maximum absolute atomic E-state index is 12.5. The lowest BCUT2D eigenvalue weighted by Crippen LogP contribution is -2.20. The number of unbranched alkanes of at least 4 members (excludes halogenated alkanes) is 6. The van der Waals surface area contributed by atoms with Crippen LogP contribution in [0.4, 0.5) is 0 Å². The summed E-state index contributed by atoms with van der Waals surface area (Å²) in [6, 6.07) is 1.39. The molecule has 0 spiro atoms. The van der Waals surface area contributed by atoms with Gasteiger partial charge >= 0.3 is 5.63 Å².